The quantitative estimate of drug-likeness (QED) is 0.526. The van der Waals surface area contributed by atoms with Crippen LogP contribution in [0.4, 0.5) is 5.82 Å². The Labute approximate surface area is 160 Å². The lowest BCUT2D eigenvalue weighted by Gasteiger charge is -2.12. The van der Waals surface area contributed by atoms with Gasteiger partial charge in [0.2, 0.25) is 5.43 Å². The van der Waals surface area contributed by atoms with Crippen molar-refractivity contribution in [3.63, 3.8) is 0 Å². The standard InChI is InChI=1S/C20H16ClN5O/c1-11-8-13(9-15(21)23-11)18-17(12-6-4-3-5-7-12)26-20-19(25-18)14(27)10-16(22-2)24-20/h3-10H,1-2H3,(H2,22,24,26,27). The molecule has 4 rings (SSSR count). The second-order valence-corrected chi connectivity index (χ2v) is 6.49. The Balaban J connectivity index is 2.09. The van der Waals surface area contributed by atoms with Crippen LogP contribution in [0.15, 0.2) is 53.3 Å². The Hall–Kier alpha value is -3.25. The molecule has 4 aromatic rings. The van der Waals surface area contributed by atoms with E-state index in [4.69, 9.17) is 16.6 Å². The summed E-state index contributed by atoms with van der Waals surface area (Å²) in [5, 5.41) is 3.30. The number of aromatic nitrogens is 4. The molecular weight excluding hydrogens is 362 g/mol. The predicted molar refractivity (Wildman–Crippen MR) is 108 cm³/mol. The van der Waals surface area contributed by atoms with Crippen LogP contribution in [-0.4, -0.2) is 27.0 Å². The van der Waals surface area contributed by atoms with Crippen molar-refractivity contribution in [2.24, 2.45) is 0 Å². The number of hydrogen-bond donors (Lipinski definition) is 2. The van der Waals surface area contributed by atoms with Gasteiger partial charge in [-0.15, -0.1) is 0 Å². The Bertz CT molecular complexity index is 1180. The number of nitrogens with one attached hydrogen (secondary N) is 2. The molecule has 2 N–H and O–H groups in total. The van der Waals surface area contributed by atoms with E-state index in [0.29, 0.717) is 28.0 Å². The monoisotopic (exact) mass is 377 g/mol. The third-order valence-corrected chi connectivity index (χ3v) is 4.36. The third kappa shape index (κ3) is 3.27. The van der Waals surface area contributed by atoms with Crippen LogP contribution in [0.25, 0.3) is 33.7 Å². The molecule has 0 radical (unpaired) electrons. The molecule has 27 heavy (non-hydrogen) atoms. The Kier molecular flexibility index (Phi) is 4.33. The van der Waals surface area contributed by atoms with E-state index in [0.717, 1.165) is 16.8 Å². The van der Waals surface area contributed by atoms with Crippen molar-refractivity contribution >= 4 is 28.6 Å². The Morgan fingerprint density at radius 2 is 1.70 bits per heavy atom. The molecule has 7 heteroatoms. The second kappa shape index (κ2) is 6.81. The second-order valence-electron chi connectivity index (χ2n) is 6.10. The summed E-state index contributed by atoms with van der Waals surface area (Å²) in [5.74, 6) is 0.580. The largest absolute Gasteiger partial charge is 0.375 e. The van der Waals surface area contributed by atoms with Gasteiger partial charge in [0.25, 0.3) is 0 Å². The molecular formula is C20H16ClN5O. The molecule has 0 saturated heterocycles. The molecule has 6 nitrogen and oxygen atoms in total. The van der Waals surface area contributed by atoms with Crippen LogP contribution in [-0.2, 0) is 0 Å². The van der Waals surface area contributed by atoms with Crippen molar-refractivity contribution in [1.29, 1.82) is 0 Å². The lowest BCUT2D eigenvalue weighted by Crippen LogP contribution is -2.09. The van der Waals surface area contributed by atoms with Crippen LogP contribution in [0, 0.1) is 6.92 Å². The fourth-order valence-electron chi connectivity index (χ4n) is 2.96. The molecule has 0 saturated carbocycles. The fraction of sp³-hybridized carbons (Fsp3) is 0.100. The number of fused-ring (bicyclic) bond motifs is 1. The normalized spacial score (nSPS) is 10.9. The molecule has 0 bridgehead atoms. The third-order valence-electron chi connectivity index (χ3n) is 4.17. The van der Waals surface area contributed by atoms with Gasteiger partial charge in [0.1, 0.15) is 11.0 Å². The summed E-state index contributed by atoms with van der Waals surface area (Å²) < 4.78 is 0. The Morgan fingerprint density at radius 3 is 2.41 bits per heavy atom. The molecule has 0 fully saturated rings. The number of aromatic amines is 1. The number of pyridine rings is 2. The first-order valence-corrected chi connectivity index (χ1v) is 8.76. The van der Waals surface area contributed by atoms with Gasteiger partial charge in [-0.1, -0.05) is 41.9 Å². The highest BCUT2D eigenvalue weighted by atomic mass is 35.5. The molecule has 3 heterocycles. The average Bonchev–Trinajstić information content (AvgIpc) is 2.67. The first-order valence-electron chi connectivity index (χ1n) is 8.38. The van der Waals surface area contributed by atoms with Crippen LogP contribution in [0.3, 0.4) is 0 Å². The van der Waals surface area contributed by atoms with Gasteiger partial charge in [-0.25, -0.2) is 15.0 Å². The first kappa shape index (κ1) is 17.2. The lowest BCUT2D eigenvalue weighted by atomic mass is 10.0. The number of nitrogens with zero attached hydrogens (tertiary/aromatic N) is 3. The zero-order chi connectivity index (χ0) is 19.0. The van der Waals surface area contributed by atoms with Gasteiger partial charge in [-0.3, -0.25) is 4.79 Å². The van der Waals surface area contributed by atoms with Gasteiger partial charge in [0.15, 0.2) is 11.2 Å². The maximum atomic E-state index is 12.5. The summed E-state index contributed by atoms with van der Waals surface area (Å²) >= 11 is 6.15. The summed E-state index contributed by atoms with van der Waals surface area (Å²) in [6.45, 7) is 1.86. The lowest BCUT2D eigenvalue weighted by molar-refractivity contribution is 1.18. The summed E-state index contributed by atoms with van der Waals surface area (Å²) in [4.78, 5) is 29.2. The molecule has 1 aromatic carbocycles. The van der Waals surface area contributed by atoms with E-state index in [1.54, 1.807) is 13.1 Å². The maximum Gasteiger partial charge on any atom is 0.211 e. The maximum absolute atomic E-state index is 12.5. The number of rotatable bonds is 3. The smallest absolute Gasteiger partial charge is 0.211 e. The number of benzene rings is 1. The predicted octanol–water partition coefficient (Wildman–Crippen LogP) is 4.05. The zero-order valence-corrected chi connectivity index (χ0v) is 15.5. The van der Waals surface area contributed by atoms with Crippen LogP contribution in [0.2, 0.25) is 5.15 Å². The van der Waals surface area contributed by atoms with Crippen LogP contribution in [0.5, 0.6) is 0 Å². The van der Waals surface area contributed by atoms with Gasteiger partial charge < -0.3 is 10.3 Å². The van der Waals surface area contributed by atoms with Crippen molar-refractivity contribution in [2.75, 3.05) is 12.4 Å². The van der Waals surface area contributed by atoms with E-state index in [1.807, 2.05) is 43.3 Å². The molecule has 0 aliphatic rings. The van der Waals surface area contributed by atoms with Crippen molar-refractivity contribution < 1.29 is 0 Å². The molecule has 0 amide bonds. The summed E-state index contributed by atoms with van der Waals surface area (Å²) in [7, 11) is 1.73. The number of aryl methyl sites for hydroxylation is 1. The minimum atomic E-state index is -0.210. The summed E-state index contributed by atoms with van der Waals surface area (Å²) in [5.41, 5.74) is 4.15. The first-order chi connectivity index (χ1) is 13.0. The minimum absolute atomic E-state index is 0.210. The van der Waals surface area contributed by atoms with Crippen LogP contribution >= 0.6 is 11.6 Å². The van der Waals surface area contributed by atoms with Crippen LogP contribution < -0.4 is 10.7 Å². The molecule has 0 spiro atoms. The van der Waals surface area contributed by atoms with Gasteiger partial charge in [0, 0.05) is 29.9 Å². The van der Waals surface area contributed by atoms with Gasteiger partial charge >= 0.3 is 0 Å². The van der Waals surface area contributed by atoms with E-state index in [1.165, 1.54) is 6.07 Å². The van der Waals surface area contributed by atoms with Gasteiger partial charge in [-0.05, 0) is 19.1 Å². The van der Waals surface area contributed by atoms with Crippen molar-refractivity contribution in [1.82, 2.24) is 19.9 Å². The molecule has 0 unspecified atom stereocenters. The van der Waals surface area contributed by atoms with Crippen molar-refractivity contribution in [3.05, 3.63) is 69.6 Å². The molecule has 0 atom stereocenters. The number of anilines is 1. The number of halogens is 1. The van der Waals surface area contributed by atoms with Crippen molar-refractivity contribution in [3.8, 4) is 22.5 Å². The van der Waals surface area contributed by atoms with Crippen LogP contribution in [0.1, 0.15) is 5.69 Å². The fourth-order valence-corrected chi connectivity index (χ4v) is 3.21. The van der Waals surface area contributed by atoms with Gasteiger partial charge in [0.05, 0.1) is 11.4 Å². The number of H-pyrrole nitrogens is 1. The zero-order valence-electron chi connectivity index (χ0n) is 14.7. The van der Waals surface area contributed by atoms with E-state index in [2.05, 4.69) is 20.3 Å². The average molecular weight is 378 g/mol. The van der Waals surface area contributed by atoms with E-state index >= 15 is 0 Å². The topological polar surface area (TPSA) is 83.6 Å². The summed E-state index contributed by atoms with van der Waals surface area (Å²) in [6, 6.07) is 14.8. The van der Waals surface area contributed by atoms with Crippen molar-refractivity contribution in [2.45, 2.75) is 6.92 Å². The SMILES string of the molecule is CNc1cc(=O)c2nc(-c3cc(C)nc(Cl)c3)c(-c3ccccc3)nc2[nH]1. The van der Waals surface area contributed by atoms with E-state index in [-0.39, 0.29) is 10.9 Å². The Morgan fingerprint density at radius 1 is 0.963 bits per heavy atom. The highest BCUT2D eigenvalue weighted by molar-refractivity contribution is 6.29. The minimum Gasteiger partial charge on any atom is -0.375 e. The van der Waals surface area contributed by atoms with E-state index < -0.39 is 0 Å². The highest BCUT2D eigenvalue weighted by Crippen LogP contribution is 2.31. The van der Waals surface area contributed by atoms with E-state index in [9.17, 15) is 4.79 Å². The van der Waals surface area contributed by atoms with Gasteiger partial charge in [-0.2, -0.15) is 0 Å². The molecule has 0 aliphatic carbocycles. The molecule has 3 aromatic heterocycles. The molecule has 134 valence electrons. The molecule has 0 aliphatic heterocycles. The summed E-state index contributed by atoms with van der Waals surface area (Å²) in [6.07, 6.45) is 0. The number of hydrogen-bond acceptors (Lipinski definition) is 5. The highest BCUT2D eigenvalue weighted by Gasteiger charge is 2.16.